The van der Waals surface area contributed by atoms with Gasteiger partial charge < -0.3 is 30.2 Å². The van der Waals surface area contributed by atoms with E-state index in [1.807, 2.05) is 6.07 Å². The van der Waals surface area contributed by atoms with Crippen molar-refractivity contribution in [3.8, 4) is 0 Å². The molecule has 0 bridgehead atoms. The van der Waals surface area contributed by atoms with Crippen molar-refractivity contribution in [1.82, 2.24) is 24.7 Å². The summed E-state index contributed by atoms with van der Waals surface area (Å²) in [4.78, 5) is 28.9. The lowest BCUT2D eigenvalue weighted by atomic mass is 10.1. The van der Waals surface area contributed by atoms with Gasteiger partial charge in [-0.3, -0.25) is 0 Å². The topological polar surface area (TPSA) is 79.9 Å². The fraction of sp³-hybridized carbons (Fsp3) is 0.607. The normalized spacial score (nSPS) is 19.1. The first kappa shape index (κ1) is 28.3. The number of alkyl halides is 3. The van der Waals surface area contributed by atoms with Gasteiger partial charge in [-0.05, 0) is 68.8 Å². The van der Waals surface area contributed by atoms with Gasteiger partial charge in [-0.2, -0.15) is 18.2 Å². The Bertz CT molecular complexity index is 1180. The van der Waals surface area contributed by atoms with Crippen molar-refractivity contribution < 1.29 is 18.0 Å². The number of carbonyl (C=O) groups is 1. The molecule has 0 radical (unpaired) electrons. The SMILES string of the molecule is CN1CCN(c2ccc(Nc3ncc(C(F)(F)F)c(NCCCN4CCCCN(C)C4=O)n3)c(C3CC3)c2)CC1. The van der Waals surface area contributed by atoms with E-state index in [1.54, 1.807) is 16.8 Å². The molecule has 2 aromatic rings. The molecule has 1 aliphatic carbocycles. The van der Waals surface area contributed by atoms with Gasteiger partial charge in [0.25, 0.3) is 0 Å². The number of urea groups is 1. The number of nitrogens with zero attached hydrogens (tertiary/aromatic N) is 6. The van der Waals surface area contributed by atoms with Crippen molar-refractivity contribution in [1.29, 1.82) is 0 Å². The molecule has 0 spiro atoms. The Hall–Kier alpha value is -3.28. The summed E-state index contributed by atoms with van der Waals surface area (Å²) in [7, 11) is 3.90. The first-order valence-corrected chi connectivity index (χ1v) is 14.2. The molecule has 9 nitrogen and oxygen atoms in total. The minimum Gasteiger partial charge on any atom is -0.369 e. The van der Waals surface area contributed by atoms with E-state index in [-0.39, 0.29) is 24.3 Å². The summed E-state index contributed by atoms with van der Waals surface area (Å²) in [5.74, 6) is 0.295. The molecule has 12 heteroatoms. The van der Waals surface area contributed by atoms with Crippen LogP contribution in [0, 0.1) is 0 Å². The molecule has 2 aliphatic heterocycles. The van der Waals surface area contributed by atoms with E-state index in [9.17, 15) is 18.0 Å². The fourth-order valence-corrected chi connectivity index (χ4v) is 5.33. The zero-order valence-electron chi connectivity index (χ0n) is 23.3. The van der Waals surface area contributed by atoms with Crippen molar-refractivity contribution in [3.63, 3.8) is 0 Å². The average molecular weight is 561 g/mol. The Labute approximate surface area is 233 Å². The second-order valence-electron chi connectivity index (χ2n) is 11.1. The maximum absolute atomic E-state index is 13.8. The molecular weight excluding hydrogens is 521 g/mol. The Balaban J connectivity index is 1.28. The van der Waals surface area contributed by atoms with Gasteiger partial charge in [-0.15, -0.1) is 0 Å². The lowest BCUT2D eigenvalue weighted by molar-refractivity contribution is -0.137. The number of piperazine rings is 1. The van der Waals surface area contributed by atoms with Crippen LogP contribution in [0.2, 0.25) is 0 Å². The van der Waals surface area contributed by atoms with Gasteiger partial charge in [0, 0.05) is 77.0 Å². The Morgan fingerprint density at radius 3 is 2.50 bits per heavy atom. The first-order valence-electron chi connectivity index (χ1n) is 14.2. The molecule has 40 heavy (non-hydrogen) atoms. The molecule has 3 fully saturated rings. The summed E-state index contributed by atoms with van der Waals surface area (Å²) in [6.07, 6.45) is 0.802. The predicted octanol–water partition coefficient (Wildman–Crippen LogP) is 4.82. The molecular formula is C28H39F3N8O. The number of likely N-dealkylation sites (N-methyl/N-ethyl adjacent to an activating group) is 1. The van der Waals surface area contributed by atoms with Gasteiger partial charge in [-0.25, -0.2) is 9.78 Å². The maximum atomic E-state index is 13.8. The average Bonchev–Trinajstić information content (AvgIpc) is 3.78. The predicted molar refractivity (Wildman–Crippen MR) is 150 cm³/mol. The number of rotatable bonds is 9. The highest BCUT2D eigenvalue weighted by Gasteiger charge is 2.35. The first-order chi connectivity index (χ1) is 19.2. The molecule has 218 valence electrons. The van der Waals surface area contributed by atoms with Crippen LogP contribution < -0.4 is 15.5 Å². The largest absolute Gasteiger partial charge is 0.421 e. The zero-order valence-corrected chi connectivity index (χ0v) is 23.3. The highest BCUT2D eigenvalue weighted by molar-refractivity contribution is 5.74. The monoisotopic (exact) mass is 560 g/mol. The number of halogens is 3. The summed E-state index contributed by atoms with van der Waals surface area (Å²) in [5, 5.41) is 6.05. The maximum Gasteiger partial charge on any atom is 0.421 e. The number of hydrogen-bond donors (Lipinski definition) is 2. The van der Waals surface area contributed by atoms with Crippen LogP contribution in [0.5, 0.6) is 0 Å². The van der Waals surface area contributed by atoms with Crippen molar-refractivity contribution in [2.45, 2.75) is 44.2 Å². The van der Waals surface area contributed by atoms with Gasteiger partial charge in [-0.1, -0.05) is 0 Å². The number of aromatic nitrogens is 2. The minimum absolute atomic E-state index is 0.0351. The Morgan fingerprint density at radius 2 is 1.77 bits per heavy atom. The lowest BCUT2D eigenvalue weighted by Crippen LogP contribution is -2.44. The summed E-state index contributed by atoms with van der Waals surface area (Å²) in [6, 6.07) is 6.22. The molecule has 0 unspecified atom stereocenters. The third kappa shape index (κ3) is 6.89. The van der Waals surface area contributed by atoms with Crippen LogP contribution in [0.25, 0.3) is 0 Å². The van der Waals surface area contributed by atoms with Gasteiger partial charge in [0.2, 0.25) is 5.95 Å². The quantitative estimate of drug-likeness (QED) is 0.426. The van der Waals surface area contributed by atoms with E-state index in [1.165, 1.54) is 5.69 Å². The number of nitrogens with one attached hydrogen (secondary N) is 2. The highest BCUT2D eigenvalue weighted by Crippen LogP contribution is 2.45. The Morgan fingerprint density at radius 1 is 1.02 bits per heavy atom. The van der Waals surface area contributed by atoms with E-state index < -0.39 is 11.7 Å². The van der Waals surface area contributed by atoms with Crippen LogP contribution >= 0.6 is 0 Å². The molecule has 2 saturated heterocycles. The zero-order chi connectivity index (χ0) is 28.3. The molecule has 0 atom stereocenters. The second-order valence-corrected chi connectivity index (χ2v) is 11.1. The highest BCUT2D eigenvalue weighted by atomic mass is 19.4. The standard InChI is InChI=1S/C28H39F3N8O/c1-36-14-16-38(17-15-36)21-8-9-24(22(18-21)20-6-7-20)34-26-33-19-23(28(29,30)31)25(35-26)32-10-5-13-39-12-4-3-11-37(2)27(39)40/h8-9,18-20H,3-7,10-17H2,1-2H3,(H2,32,33,34,35). The summed E-state index contributed by atoms with van der Waals surface area (Å²) >= 11 is 0. The van der Waals surface area contributed by atoms with Gasteiger partial charge in [0.15, 0.2) is 0 Å². The second kappa shape index (κ2) is 12.1. The molecule has 3 aliphatic rings. The third-order valence-electron chi connectivity index (χ3n) is 7.93. The number of carbonyl (C=O) groups excluding carboxylic acids is 1. The molecule has 5 rings (SSSR count). The number of anilines is 4. The van der Waals surface area contributed by atoms with Crippen LogP contribution in [-0.4, -0.2) is 97.2 Å². The number of hydrogen-bond acceptors (Lipinski definition) is 7. The van der Waals surface area contributed by atoms with E-state index >= 15 is 0 Å². The molecule has 1 aromatic carbocycles. The molecule has 2 N–H and O–H groups in total. The van der Waals surface area contributed by atoms with Crippen LogP contribution in [0.1, 0.15) is 49.1 Å². The summed E-state index contributed by atoms with van der Waals surface area (Å²) < 4.78 is 41.3. The molecule has 2 amide bonds. The van der Waals surface area contributed by atoms with Crippen molar-refractivity contribution in [3.05, 3.63) is 35.5 Å². The smallest absolute Gasteiger partial charge is 0.369 e. The van der Waals surface area contributed by atoms with Crippen molar-refractivity contribution in [2.24, 2.45) is 0 Å². The molecule has 1 saturated carbocycles. The lowest BCUT2D eigenvalue weighted by Gasteiger charge is -2.34. The van der Waals surface area contributed by atoms with E-state index in [0.29, 0.717) is 25.4 Å². The van der Waals surface area contributed by atoms with Crippen molar-refractivity contribution >= 4 is 29.2 Å². The molecule has 1 aromatic heterocycles. The van der Waals surface area contributed by atoms with Gasteiger partial charge in [0.05, 0.1) is 0 Å². The van der Waals surface area contributed by atoms with E-state index in [2.05, 4.69) is 49.6 Å². The van der Waals surface area contributed by atoms with Crippen molar-refractivity contribution in [2.75, 3.05) is 82.0 Å². The summed E-state index contributed by atoms with van der Waals surface area (Å²) in [5.41, 5.74) is 2.25. The van der Waals surface area contributed by atoms with Gasteiger partial charge in [0.1, 0.15) is 11.4 Å². The molecule has 3 heterocycles. The third-order valence-corrected chi connectivity index (χ3v) is 7.93. The van der Waals surface area contributed by atoms with Crippen LogP contribution in [-0.2, 0) is 6.18 Å². The van der Waals surface area contributed by atoms with E-state index in [4.69, 9.17) is 0 Å². The van der Waals surface area contributed by atoms with E-state index in [0.717, 1.165) is 75.9 Å². The van der Waals surface area contributed by atoms with Crippen LogP contribution in [0.15, 0.2) is 24.4 Å². The summed E-state index contributed by atoms with van der Waals surface area (Å²) in [6.45, 7) is 6.06. The van der Waals surface area contributed by atoms with Gasteiger partial charge >= 0.3 is 12.2 Å². The number of benzene rings is 1. The fourth-order valence-electron chi connectivity index (χ4n) is 5.33. The minimum atomic E-state index is -4.59. The van der Waals surface area contributed by atoms with Crippen LogP contribution in [0.4, 0.5) is 41.1 Å². The van der Waals surface area contributed by atoms with Crippen LogP contribution in [0.3, 0.4) is 0 Å². The number of amides is 2. The Kier molecular flexibility index (Phi) is 8.53.